The molecule has 0 aliphatic heterocycles. The van der Waals surface area contributed by atoms with Crippen molar-refractivity contribution < 1.29 is 120 Å². The second kappa shape index (κ2) is 42.5. The molecule has 0 bridgehead atoms. The molecule has 0 fully saturated rings. The predicted octanol–water partition coefficient (Wildman–Crippen LogP) is -0.843. The number of urea groups is 1. The molecule has 0 saturated heterocycles. The van der Waals surface area contributed by atoms with Gasteiger partial charge in [-0.25, -0.2) is 4.79 Å². The molecule has 6 atom stereocenters. The van der Waals surface area contributed by atoms with Gasteiger partial charge in [-0.3, -0.25) is 28.3 Å². The Morgan fingerprint density at radius 1 is 0.438 bits per heavy atom. The van der Waals surface area contributed by atoms with Crippen molar-refractivity contribution in [3.63, 3.8) is 0 Å². The Labute approximate surface area is 427 Å². The van der Waals surface area contributed by atoms with Crippen molar-refractivity contribution >= 4 is 45.3 Å². The van der Waals surface area contributed by atoms with E-state index in [0.717, 1.165) is 51.4 Å². The zero-order valence-corrected chi connectivity index (χ0v) is 46.2. The van der Waals surface area contributed by atoms with E-state index < -0.39 is 60.2 Å². The van der Waals surface area contributed by atoms with Gasteiger partial charge in [-0.15, -0.1) is 0 Å². The van der Waals surface area contributed by atoms with Crippen LogP contribution in [-0.2, 0) is 46.4 Å². The minimum Gasteiger partial charge on any atom is -0.756 e. The van der Waals surface area contributed by atoms with E-state index in [9.17, 15) is 42.9 Å². The molecule has 6 amide bonds. The first-order valence-corrected chi connectivity index (χ1v) is 25.6. The van der Waals surface area contributed by atoms with E-state index in [-0.39, 0.29) is 108 Å². The van der Waals surface area contributed by atoms with Crippen molar-refractivity contribution in [2.45, 2.75) is 194 Å². The largest absolute Gasteiger partial charge is 1.00 e. The fraction of sp³-hybridized carbons (Fsp3) is 0.878. The third-order valence-corrected chi connectivity index (χ3v) is 11.7. The van der Waals surface area contributed by atoms with Crippen LogP contribution in [-0.4, -0.2) is 93.3 Å². The summed E-state index contributed by atoms with van der Waals surface area (Å²) in [6, 6.07) is -2.36. The van der Waals surface area contributed by atoms with Gasteiger partial charge in [-0.1, -0.05) is 104 Å². The number of hydrogen-bond acceptors (Lipinski definition) is 13. The van der Waals surface area contributed by atoms with Gasteiger partial charge in [0, 0.05) is 52.9 Å². The monoisotopic (exact) mass is 973 g/mol. The Morgan fingerprint density at radius 2 is 0.719 bits per heavy atom. The van der Waals surface area contributed by atoms with Crippen LogP contribution in [0, 0.1) is 0 Å². The average molecular weight is 973 g/mol. The maximum absolute atomic E-state index is 12.4. The molecule has 6 unspecified atom stereocenters. The molecule has 19 nitrogen and oxygen atoms in total. The first-order valence-electron chi connectivity index (χ1n) is 22.7. The van der Waals surface area contributed by atoms with Crippen molar-refractivity contribution in [1.82, 2.24) is 31.9 Å². The quantitative estimate of drug-likeness (QED) is 0.0249. The van der Waals surface area contributed by atoms with Crippen LogP contribution in [0.25, 0.3) is 0 Å². The third-order valence-electron chi connectivity index (χ3n) is 9.81. The number of phosphoric ester groups is 2. The van der Waals surface area contributed by atoms with Gasteiger partial charge in [0.2, 0.25) is 23.6 Å². The van der Waals surface area contributed by atoms with Gasteiger partial charge in [0.15, 0.2) is 0 Å². The zero-order valence-electron chi connectivity index (χ0n) is 40.4. The number of nitrogens with one attached hydrogen (secondary N) is 6. The molecule has 0 aromatic heterocycles. The van der Waals surface area contributed by atoms with Gasteiger partial charge < -0.3 is 59.8 Å². The Bertz CT molecular complexity index is 1270. The Kier molecular flexibility index (Phi) is 44.9. The van der Waals surface area contributed by atoms with Crippen LogP contribution < -0.4 is 101 Å². The van der Waals surface area contributed by atoms with E-state index in [1.165, 1.54) is 79.1 Å². The number of amides is 6. The van der Waals surface area contributed by atoms with Crippen LogP contribution in [0.2, 0.25) is 0 Å². The van der Waals surface area contributed by atoms with Gasteiger partial charge in [-0.05, 0) is 38.5 Å². The first kappa shape index (κ1) is 67.6. The molecule has 0 heterocycles. The van der Waals surface area contributed by atoms with Crippen molar-refractivity contribution in [1.29, 1.82) is 0 Å². The van der Waals surface area contributed by atoms with Crippen molar-refractivity contribution in [2.75, 3.05) is 39.5 Å². The smallest absolute Gasteiger partial charge is 0.756 e. The second-order valence-corrected chi connectivity index (χ2v) is 18.7. The van der Waals surface area contributed by atoms with Gasteiger partial charge in [0.25, 0.3) is 15.6 Å². The maximum atomic E-state index is 12.4. The summed E-state index contributed by atoms with van der Waals surface area (Å²) in [7, 11) is -9.66. The summed E-state index contributed by atoms with van der Waals surface area (Å²) in [5.41, 5.74) is 0. The van der Waals surface area contributed by atoms with E-state index >= 15 is 0 Å². The summed E-state index contributed by atoms with van der Waals surface area (Å²) >= 11 is 0. The molecule has 0 aromatic rings. The Morgan fingerprint density at radius 3 is 1.03 bits per heavy atom. The fourth-order valence-electron chi connectivity index (χ4n) is 6.77. The molecule has 0 radical (unpaired) electrons. The number of rotatable bonds is 40. The van der Waals surface area contributed by atoms with Gasteiger partial charge in [-0.2, -0.15) is 0 Å². The molecule has 0 rings (SSSR count). The van der Waals surface area contributed by atoms with Crippen LogP contribution in [0.5, 0.6) is 0 Å². The van der Waals surface area contributed by atoms with Gasteiger partial charge >= 0.3 is 65.1 Å². The molecule has 0 aliphatic rings. The first-order chi connectivity index (χ1) is 29.4. The number of hydrogen-bond donors (Lipinski definition) is 6. The molecule has 0 spiro atoms. The second-order valence-electron chi connectivity index (χ2n) is 15.9. The fourth-order valence-corrected chi connectivity index (χ4v) is 8.27. The van der Waals surface area contributed by atoms with Crippen molar-refractivity contribution in [3.05, 3.63) is 0 Å². The van der Waals surface area contributed by atoms with Gasteiger partial charge in [0.05, 0.1) is 38.5 Å². The molecule has 0 saturated carbocycles. The SMILES string of the molecule is CCCCCCCCCC(CCC(COP(=O)([O-])OCCNC(=O)NCCOP(=O)([O-])OCC(CCC(CCCCCCCCC)NC(C)=O)NC(C)=O)NC(C)=O)NC(C)=O.[Na+].[Na+]. The van der Waals surface area contributed by atoms with Crippen molar-refractivity contribution in [2.24, 2.45) is 0 Å². The number of carbonyl (C=O) groups excluding carboxylic acids is 5. The Hall–Kier alpha value is -0.630. The normalized spacial score (nSPS) is 14.8. The molecular weight excluding hydrogens is 892 g/mol. The minimum atomic E-state index is -4.83. The van der Waals surface area contributed by atoms with E-state index in [4.69, 9.17) is 18.1 Å². The van der Waals surface area contributed by atoms with E-state index in [2.05, 4.69) is 45.7 Å². The standard InChI is InChI=1S/C41H82N6O13P2.2Na/c1-7-9-11-13-15-17-19-21-37(44-33(3)48)23-25-39(46-35(5)50)31-59-61(53,54)57-29-27-42-41(52)43-28-30-58-62(55,56)60-32-40(47-36(6)51)26-24-38(45-34(4)49)22-20-18-16-14-12-10-8-2;;/h37-40H,7-32H2,1-6H3,(H,44,48)(H,45,49)(H,46,50)(H,47,51)(H,53,54)(H,55,56)(H2,42,43,52);;/q;2*+1/p-2. The molecule has 23 heteroatoms. The number of unbranched alkanes of at least 4 members (excludes halogenated alkanes) is 12. The molecule has 6 N–H and O–H groups in total. The van der Waals surface area contributed by atoms with Crippen LogP contribution in [0.15, 0.2) is 0 Å². The zero-order chi connectivity index (χ0) is 46.7. The van der Waals surface area contributed by atoms with Crippen LogP contribution in [0.3, 0.4) is 0 Å². The summed E-state index contributed by atoms with van der Waals surface area (Å²) < 4.78 is 44.6. The van der Waals surface area contributed by atoms with E-state index in [1.807, 2.05) is 0 Å². The van der Waals surface area contributed by atoms with Crippen LogP contribution in [0.1, 0.15) is 170 Å². The van der Waals surface area contributed by atoms with E-state index in [1.54, 1.807) is 0 Å². The topological polar surface area (TPSA) is 275 Å². The predicted molar refractivity (Wildman–Crippen MR) is 235 cm³/mol. The summed E-state index contributed by atoms with van der Waals surface area (Å²) in [5.74, 6) is -1.09. The summed E-state index contributed by atoms with van der Waals surface area (Å²) in [6.45, 7) is 7.61. The average Bonchev–Trinajstić information content (AvgIpc) is 3.18. The molecule has 0 aromatic carbocycles. The minimum absolute atomic E-state index is 0. The number of carbonyl (C=O) groups is 5. The third kappa shape index (κ3) is 43.9. The Balaban J connectivity index is -0.0000186. The van der Waals surface area contributed by atoms with Crippen LogP contribution >= 0.6 is 15.6 Å². The molecular formula is C41H80N6Na2O13P2. The summed E-state index contributed by atoms with van der Waals surface area (Å²) in [5, 5.41) is 16.0. The molecule has 64 heavy (non-hydrogen) atoms. The molecule has 364 valence electrons. The summed E-state index contributed by atoms with van der Waals surface area (Å²) in [6.07, 6.45) is 19.0. The van der Waals surface area contributed by atoms with Gasteiger partial charge in [0.1, 0.15) is 0 Å². The van der Waals surface area contributed by atoms with Crippen molar-refractivity contribution in [3.8, 4) is 0 Å². The number of phosphoric acid groups is 2. The van der Waals surface area contributed by atoms with Crippen LogP contribution in [0.4, 0.5) is 4.79 Å². The maximum Gasteiger partial charge on any atom is 1.00 e. The summed E-state index contributed by atoms with van der Waals surface area (Å²) in [4.78, 5) is 84.2. The van der Waals surface area contributed by atoms with E-state index in [0.29, 0.717) is 25.7 Å². The molecule has 0 aliphatic carbocycles.